The van der Waals surface area contributed by atoms with E-state index in [0.717, 1.165) is 16.9 Å². The smallest absolute Gasteiger partial charge is 0.336 e. The van der Waals surface area contributed by atoms with Gasteiger partial charge in [-0.05, 0) is 55.8 Å². The molecule has 2 aromatic carbocycles. The third-order valence-corrected chi connectivity index (χ3v) is 5.77. The Balaban J connectivity index is 0.000000218. The van der Waals surface area contributed by atoms with Crippen LogP contribution >= 0.6 is 0 Å². The zero-order valence-electron chi connectivity index (χ0n) is 22.2. The van der Waals surface area contributed by atoms with Crippen LogP contribution in [-0.2, 0) is 14.3 Å². The van der Waals surface area contributed by atoms with Crippen molar-refractivity contribution in [3.8, 4) is 17.2 Å². The molecule has 1 heterocycles. The van der Waals surface area contributed by atoms with Gasteiger partial charge in [-0.1, -0.05) is 23.8 Å². The van der Waals surface area contributed by atoms with Gasteiger partial charge in [0.05, 0.1) is 14.2 Å². The van der Waals surface area contributed by atoms with Gasteiger partial charge in [-0.3, -0.25) is 9.59 Å². The second kappa shape index (κ2) is 13.1. The van der Waals surface area contributed by atoms with E-state index in [1.165, 1.54) is 37.5 Å². The van der Waals surface area contributed by atoms with Crippen LogP contribution < -0.4 is 15.1 Å². The molecule has 8 nitrogen and oxygen atoms in total. The molecule has 1 aliphatic carbocycles. The fourth-order valence-electron chi connectivity index (χ4n) is 3.71. The number of allylic oxidation sites excluding steroid dienone is 5. The van der Waals surface area contributed by atoms with Gasteiger partial charge in [0.2, 0.25) is 5.78 Å². The van der Waals surface area contributed by atoms with Crippen LogP contribution in [0.1, 0.15) is 25.3 Å². The van der Waals surface area contributed by atoms with Gasteiger partial charge in [0.25, 0.3) is 0 Å². The monoisotopic (exact) mass is 530 g/mol. The zero-order chi connectivity index (χ0) is 28.5. The van der Waals surface area contributed by atoms with Crippen molar-refractivity contribution in [1.82, 2.24) is 0 Å². The van der Waals surface area contributed by atoms with Crippen molar-refractivity contribution in [1.29, 1.82) is 0 Å². The van der Waals surface area contributed by atoms with E-state index in [1.54, 1.807) is 31.4 Å². The van der Waals surface area contributed by atoms with Gasteiger partial charge in [-0.15, -0.1) is 6.58 Å². The molecule has 0 saturated carbocycles. The number of carbonyl (C=O) groups excluding carboxylic acids is 2. The van der Waals surface area contributed by atoms with E-state index in [9.17, 15) is 19.5 Å². The number of ketones is 2. The number of rotatable bonds is 8. The highest BCUT2D eigenvalue weighted by Crippen LogP contribution is 2.31. The van der Waals surface area contributed by atoms with Gasteiger partial charge in [-0.25, -0.2) is 4.79 Å². The maximum atomic E-state index is 12.2. The summed E-state index contributed by atoms with van der Waals surface area (Å²) >= 11 is 0. The maximum Gasteiger partial charge on any atom is 0.336 e. The van der Waals surface area contributed by atoms with Crippen molar-refractivity contribution in [2.45, 2.75) is 19.8 Å². The number of phenolic OH excluding ortho intramolecular Hbond substituents is 1. The zero-order valence-corrected chi connectivity index (χ0v) is 22.2. The number of carbonyl (C=O) groups is 2. The predicted octanol–water partition coefficient (Wildman–Crippen LogP) is 5.42. The van der Waals surface area contributed by atoms with Crippen LogP contribution in [0.5, 0.6) is 17.2 Å². The quantitative estimate of drug-likeness (QED) is 0.234. The molecular formula is C31H30O8. The Morgan fingerprint density at radius 3 is 2.31 bits per heavy atom. The average molecular weight is 531 g/mol. The summed E-state index contributed by atoms with van der Waals surface area (Å²) in [5.41, 5.74) is 2.35. The minimum Gasteiger partial charge on any atom is -0.504 e. The molecule has 4 rings (SSSR count). The van der Waals surface area contributed by atoms with Gasteiger partial charge in [-0.2, -0.15) is 0 Å². The Hall–Kier alpha value is -4.85. The topological polar surface area (TPSA) is 112 Å². The van der Waals surface area contributed by atoms with Crippen molar-refractivity contribution in [2.24, 2.45) is 0 Å². The normalized spacial score (nSPS) is 13.3. The molecule has 202 valence electrons. The van der Waals surface area contributed by atoms with Crippen molar-refractivity contribution < 1.29 is 33.3 Å². The standard InChI is InChI=1S/C17H16O4.C14H14O4/c1-4-13(11-5-7-12(20-2)8-6-11)14-9-16(19)17(21-3)10-15(14)18;1-9(2)5-6-17-13-8-12-10(7-11(13)15)3-4-14(16)18-12/h4-10,13H,1H2,2-3H3;3-5,7-8,15H,6H2,1-2H3. The van der Waals surface area contributed by atoms with Crippen molar-refractivity contribution in [3.63, 3.8) is 0 Å². The molecule has 8 heteroatoms. The van der Waals surface area contributed by atoms with Crippen molar-refractivity contribution >= 4 is 22.5 Å². The number of benzene rings is 2. The Labute approximate surface area is 226 Å². The number of aromatic hydroxyl groups is 1. The van der Waals surface area contributed by atoms with Crippen LogP contribution in [0.25, 0.3) is 11.0 Å². The fourth-order valence-corrected chi connectivity index (χ4v) is 3.71. The molecule has 1 aromatic heterocycles. The SMILES string of the molecule is C=CC(C1=CC(=O)C(OC)=CC1=O)c1ccc(OC)cc1.CC(C)=CCOc1cc2oc(=O)ccc2cc1O. The molecule has 1 N–H and O–H groups in total. The van der Waals surface area contributed by atoms with Gasteiger partial charge in [0.15, 0.2) is 23.0 Å². The van der Waals surface area contributed by atoms with E-state index in [4.69, 9.17) is 18.6 Å². The molecule has 3 aromatic rings. The summed E-state index contributed by atoms with van der Waals surface area (Å²) in [5, 5.41) is 10.4. The maximum absolute atomic E-state index is 12.2. The number of methoxy groups -OCH3 is 2. The molecule has 0 fully saturated rings. The minimum atomic E-state index is -0.427. The Morgan fingerprint density at radius 1 is 0.974 bits per heavy atom. The molecule has 1 unspecified atom stereocenters. The van der Waals surface area contributed by atoms with Crippen molar-refractivity contribution in [2.75, 3.05) is 20.8 Å². The van der Waals surface area contributed by atoms with E-state index in [0.29, 0.717) is 28.9 Å². The second-order valence-electron chi connectivity index (χ2n) is 8.73. The van der Waals surface area contributed by atoms with E-state index < -0.39 is 5.63 Å². The van der Waals surface area contributed by atoms with Crippen LogP contribution in [-0.4, -0.2) is 37.5 Å². The molecule has 0 amide bonds. The summed E-state index contributed by atoms with van der Waals surface area (Å²) in [4.78, 5) is 35.1. The summed E-state index contributed by atoms with van der Waals surface area (Å²) in [5.74, 6) is 0.207. The Bertz CT molecular complexity index is 1520. The highest BCUT2D eigenvalue weighted by molar-refractivity contribution is 6.19. The minimum absolute atomic E-state index is 0.0264. The molecule has 0 radical (unpaired) electrons. The van der Waals surface area contributed by atoms with Crippen LogP contribution in [0.2, 0.25) is 0 Å². The fraction of sp³-hybridized carbons (Fsp3) is 0.194. The van der Waals surface area contributed by atoms with E-state index >= 15 is 0 Å². The molecule has 1 aliphatic rings. The molecular weight excluding hydrogens is 500 g/mol. The number of hydrogen-bond acceptors (Lipinski definition) is 8. The van der Waals surface area contributed by atoms with E-state index in [1.807, 2.05) is 32.1 Å². The van der Waals surface area contributed by atoms with E-state index in [2.05, 4.69) is 6.58 Å². The lowest BCUT2D eigenvalue weighted by Gasteiger charge is -2.18. The second-order valence-corrected chi connectivity index (χ2v) is 8.73. The lowest BCUT2D eigenvalue weighted by Crippen LogP contribution is -2.18. The highest BCUT2D eigenvalue weighted by atomic mass is 16.5. The van der Waals surface area contributed by atoms with Gasteiger partial charge >= 0.3 is 5.63 Å². The first kappa shape index (κ1) is 28.7. The van der Waals surface area contributed by atoms with Crippen LogP contribution in [0.15, 0.2) is 106 Å². The van der Waals surface area contributed by atoms with Gasteiger partial charge in [0, 0.05) is 35.1 Å². The summed E-state index contributed by atoms with van der Waals surface area (Å²) < 4.78 is 20.4. The molecule has 0 bridgehead atoms. The molecule has 0 spiro atoms. The lowest BCUT2D eigenvalue weighted by atomic mass is 9.85. The summed E-state index contributed by atoms with van der Waals surface area (Å²) in [6.45, 7) is 8.05. The van der Waals surface area contributed by atoms with Crippen LogP contribution in [0.3, 0.4) is 0 Å². The number of phenols is 1. The average Bonchev–Trinajstić information content (AvgIpc) is 2.92. The predicted molar refractivity (Wildman–Crippen MR) is 148 cm³/mol. The third-order valence-electron chi connectivity index (χ3n) is 5.77. The first-order chi connectivity index (χ1) is 18.7. The first-order valence-corrected chi connectivity index (χ1v) is 12.0. The van der Waals surface area contributed by atoms with Crippen molar-refractivity contribution in [3.05, 3.63) is 112 Å². The van der Waals surface area contributed by atoms with Gasteiger partial charge < -0.3 is 23.7 Å². The van der Waals surface area contributed by atoms with Crippen LogP contribution in [0.4, 0.5) is 0 Å². The largest absolute Gasteiger partial charge is 0.504 e. The molecule has 0 aliphatic heterocycles. The Morgan fingerprint density at radius 2 is 1.69 bits per heavy atom. The Kier molecular flexibility index (Phi) is 9.64. The van der Waals surface area contributed by atoms with Gasteiger partial charge in [0.1, 0.15) is 17.9 Å². The number of fused-ring (bicyclic) bond motifs is 1. The molecule has 39 heavy (non-hydrogen) atoms. The summed E-state index contributed by atoms with van der Waals surface area (Å²) in [6, 6.07) is 13.2. The third kappa shape index (κ3) is 7.35. The van der Waals surface area contributed by atoms with Crippen LogP contribution in [0, 0.1) is 0 Å². The lowest BCUT2D eigenvalue weighted by molar-refractivity contribution is -0.117. The molecule has 1 atom stereocenters. The highest BCUT2D eigenvalue weighted by Gasteiger charge is 2.26. The first-order valence-electron chi connectivity index (χ1n) is 12.0. The number of ether oxygens (including phenoxy) is 3. The summed E-state index contributed by atoms with van der Waals surface area (Å²) in [7, 11) is 2.95. The molecule has 0 saturated heterocycles. The number of hydrogen-bond donors (Lipinski definition) is 1. The summed E-state index contributed by atoms with van der Waals surface area (Å²) in [6.07, 6.45) is 6.07. The van der Waals surface area contributed by atoms with E-state index in [-0.39, 0.29) is 29.0 Å².